The van der Waals surface area contributed by atoms with E-state index in [-0.39, 0.29) is 69.6 Å². The average Bonchev–Trinajstić information content (AvgIpc) is 3.98. The molecule has 0 bridgehead atoms. The molecule has 0 amide bonds. The van der Waals surface area contributed by atoms with E-state index < -0.39 is 45.6 Å². The number of halogens is 2. The Labute approximate surface area is 377 Å². The lowest BCUT2D eigenvalue weighted by Crippen LogP contribution is -2.50. The van der Waals surface area contributed by atoms with E-state index in [1.54, 1.807) is 47.5 Å². The monoisotopic (exact) mass is 918 g/mol. The Hall–Kier alpha value is -7.40. The van der Waals surface area contributed by atoms with Crippen LogP contribution < -0.4 is 41.9 Å². The zero-order valence-corrected chi connectivity index (χ0v) is 37.2. The van der Waals surface area contributed by atoms with Gasteiger partial charge in [-0.1, -0.05) is 12.8 Å². The summed E-state index contributed by atoms with van der Waals surface area (Å²) in [7, 11) is 3.42. The predicted octanol–water partition coefficient (Wildman–Crippen LogP) is 2.20. The van der Waals surface area contributed by atoms with E-state index in [2.05, 4.69) is 31.2 Å². The minimum atomic E-state index is -1.40. The van der Waals surface area contributed by atoms with Gasteiger partial charge in [0.05, 0.1) is 22.9 Å². The summed E-state index contributed by atoms with van der Waals surface area (Å²) >= 11 is 0. The summed E-state index contributed by atoms with van der Waals surface area (Å²) in [4.78, 5) is 64.3. The Bertz CT molecular complexity index is 2510. The number of pyridine rings is 4. The number of guanidine groups is 4. The fraction of sp³-hybridized carbons (Fsp3) is 0.476. The quantitative estimate of drug-likeness (QED) is 0.0465. The minimum Gasteiger partial charge on any atom is -0.477 e. The smallest absolute Gasteiger partial charge is 0.341 e. The summed E-state index contributed by atoms with van der Waals surface area (Å²) in [5.74, 6) is -4.34. The maximum atomic E-state index is 15.3. The van der Waals surface area contributed by atoms with Crippen molar-refractivity contribution in [2.45, 2.75) is 77.5 Å². The molecule has 6 rings (SSSR count). The van der Waals surface area contributed by atoms with E-state index in [9.17, 15) is 29.4 Å². The fourth-order valence-corrected chi connectivity index (χ4v) is 8.18. The molecule has 2 aliphatic heterocycles. The molecule has 24 heteroatoms. The molecular formula is C42H56F2N16O6. The van der Waals surface area contributed by atoms with Crippen LogP contribution >= 0.6 is 0 Å². The molecule has 10 N–H and O–H groups in total. The number of aryl methyl sites for hydroxylation is 2. The zero-order valence-electron chi connectivity index (χ0n) is 37.2. The first-order chi connectivity index (χ1) is 31.4. The van der Waals surface area contributed by atoms with Crippen LogP contribution in [-0.2, 0) is 13.1 Å². The lowest BCUT2D eigenvalue weighted by atomic mass is 10.2. The summed E-state index contributed by atoms with van der Waals surface area (Å²) in [6.45, 7) is 6.66. The molecule has 0 spiro atoms. The lowest BCUT2D eigenvalue weighted by molar-refractivity contribution is 0.0684. The number of aromatic nitrogens is 4. The molecule has 4 aromatic rings. The molecule has 2 aliphatic rings. The predicted molar refractivity (Wildman–Crippen MR) is 246 cm³/mol. The molecular weight excluding hydrogens is 863 g/mol. The van der Waals surface area contributed by atoms with Crippen LogP contribution in [0.4, 0.5) is 20.4 Å². The molecule has 2 saturated heterocycles. The third-order valence-electron chi connectivity index (χ3n) is 12.0. The van der Waals surface area contributed by atoms with Crippen molar-refractivity contribution in [2.75, 3.05) is 63.2 Å². The van der Waals surface area contributed by atoms with Gasteiger partial charge in [0.25, 0.3) is 0 Å². The van der Waals surface area contributed by atoms with Crippen LogP contribution in [0.25, 0.3) is 22.1 Å². The van der Waals surface area contributed by atoms with Crippen molar-refractivity contribution in [3.63, 3.8) is 0 Å². The number of fused-ring (bicyclic) bond motifs is 2. The molecule has 0 radical (unpaired) electrons. The normalized spacial score (nSPS) is 15.8. The van der Waals surface area contributed by atoms with Crippen molar-refractivity contribution in [1.82, 2.24) is 50.2 Å². The Morgan fingerprint density at radius 1 is 0.697 bits per heavy atom. The number of nitrogens with one attached hydrogen (secondary N) is 8. The summed E-state index contributed by atoms with van der Waals surface area (Å²) < 4.78 is 33.7. The van der Waals surface area contributed by atoms with Crippen LogP contribution in [0.2, 0.25) is 0 Å². The second kappa shape index (κ2) is 20.6. The highest BCUT2D eigenvalue weighted by Gasteiger charge is 2.32. The number of unbranched alkanes of at least 4 members (excludes halogenated alkanes) is 3. The SMILES string of the molecule is CCn1cc(C(=O)O)c(=O)c2cc(F)c(N3CCC(N(C)C(=N)NC(=N)NCCCCCCNC(=N)NC(=N)N(C)C4CCN(c5nc6c(cc5F)c(=O)c(C(=O)O)cn6CC)C4)C3)nc21. The minimum absolute atomic E-state index is 0.0155. The summed E-state index contributed by atoms with van der Waals surface area (Å²) in [5, 5.41) is 63.7. The number of anilines is 2. The van der Waals surface area contributed by atoms with Crippen LogP contribution in [0.1, 0.15) is 73.1 Å². The van der Waals surface area contributed by atoms with E-state index in [0.29, 0.717) is 65.2 Å². The highest BCUT2D eigenvalue weighted by atomic mass is 19.1. The van der Waals surface area contributed by atoms with Crippen LogP contribution in [0, 0.1) is 33.3 Å². The van der Waals surface area contributed by atoms with Gasteiger partial charge >= 0.3 is 11.9 Å². The Balaban J connectivity index is 0.860. The van der Waals surface area contributed by atoms with Gasteiger partial charge in [0.15, 0.2) is 47.1 Å². The van der Waals surface area contributed by atoms with Gasteiger partial charge in [-0.2, -0.15) is 0 Å². The van der Waals surface area contributed by atoms with Gasteiger partial charge in [0.2, 0.25) is 10.9 Å². The van der Waals surface area contributed by atoms with Gasteiger partial charge in [-0.25, -0.2) is 28.3 Å². The number of carboxylic acid groups (broad SMARTS) is 2. The third kappa shape index (κ3) is 10.4. The summed E-state index contributed by atoms with van der Waals surface area (Å²) in [6.07, 6.45) is 6.77. The van der Waals surface area contributed by atoms with E-state index in [1.807, 2.05) is 0 Å². The number of carbonyl (C=O) groups is 2. The van der Waals surface area contributed by atoms with Crippen LogP contribution in [0.3, 0.4) is 0 Å². The van der Waals surface area contributed by atoms with Gasteiger partial charge < -0.3 is 49.6 Å². The maximum Gasteiger partial charge on any atom is 0.341 e. The van der Waals surface area contributed by atoms with Crippen molar-refractivity contribution in [3.05, 3.63) is 67.7 Å². The van der Waals surface area contributed by atoms with Gasteiger partial charge in [0, 0.05) is 78.8 Å². The van der Waals surface area contributed by atoms with Crippen molar-refractivity contribution >= 4 is 69.5 Å². The van der Waals surface area contributed by atoms with Crippen molar-refractivity contribution < 1.29 is 28.6 Å². The number of carboxylic acids is 2. The van der Waals surface area contributed by atoms with Gasteiger partial charge in [-0.15, -0.1) is 0 Å². The fourth-order valence-electron chi connectivity index (χ4n) is 8.18. The lowest BCUT2D eigenvalue weighted by Gasteiger charge is -2.28. The highest BCUT2D eigenvalue weighted by molar-refractivity contribution is 5.97. The first-order valence-corrected chi connectivity index (χ1v) is 21.7. The van der Waals surface area contributed by atoms with Gasteiger partial charge in [0.1, 0.15) is 22.4 Å². The molecule has 2 fully saturated rings. The standard InChI is InChI=1S/C42H56F2N16O6/c1-5-57-21-27(37(63)64)31(61)25-17-29(43)35(51-33(25)57)59-15-11-23(19-59)55(3)41(47)53-39(45)49-13-9-7-8-10-14-50-40(46)54-42(48)56(4)24-12-16-60(20-24)36-30(44)18-26-32(62)28(38(65)66)22-58(6-2)34(26)52-36/h17-18,21-24H,5-16,19-20H2,1-4H3,(H,63,64)(H,65,66)(H4,45,47,49,53)(H4,46,48,50,54). The molecule has 0 saturated carbocycles. The topological polar surface area (TPSA) is 301 Å². The number of rotatable bonds is 15. The molecule has 2 atom stereocenters. The Morgan fingerprint density at radius 2 is 1.08 bits per heavy atom. The Morgan fingerprint density at radius 3 is 1.42 bits per heavy atom. The Kier molecular flexibility index (Phi) is 15.0. The number of nitrogens with zero attached hydrogens (tertiary/aromatic N) is 8. The molecule has 6 heterocycles. The summed E-state index contributed by atoms with van der Waals surface area (Å²) in [5.41, 5.74) is -2.15. The molecule has 2 unspecified atom stereocenters. The van der Waals surface area contributed by atoms with Gasteiger partial charge in [-0.05, 0) is 51.7 Å². The van der Waals surface area contributed by atoms with Crippen LogP contribution in [0.5, 0.6) is 0 Å². The van der Waals surface area contributed by atoms with Crippen LogP contribution in [0.15, 0.2) is 34.1 Å². The second-order valence-corrected chi connectivity index (χ2v) is 16.2. The summed E-state index contributed by atoms with van der Waals surface area (Å²) in [6, 6.07) is 1.66. The average molecular weight is 919 g/mol. The maximum absolute atomic E-state index is 15.3. The molecule has 66 heavy (non-hydrogen) atoms. The molecule has 0 aromatic carbocycles. The number of hydrogen-bond acceptors (Lipinski definition) is 12. The molecule has 0 aliphatic carbocycles. The largest absolute Gasteiger partial charge is 0.477 e. The first-order valence-electron chi connectivity index (χ1n) is 21.7. The molecule has 354 valence electrons. The number of hydrogen-bond donors (Lipinski definition) is 10. The van der Waals surface area contributed by atoms with E-state index in [1.165, 1.54) is 21.5 Å². The second-order valence-electron chi connectivity index (χ2n) is 16.2. The highest BCUT2D eigenvalue weighted by Crippen LogP contribution is 2.28. The van der Waals surface area contributed by atoms with Gasteiger partial charge in [-0.3, -0.25) is 41.9 Å². The third-order valence-corrected chi connectivity index (χ3v) is 12.0. The number of likely N-dealkylation sites (N-methyl/N-ethyl adjacent to an activating group) is 2. The van der Waals surface area contributed by atoms with Crippen LogP contribution in [-0.4, -0.2) is 140 Å². The number of aromatic carboxylic acids is 2. The first kappa shape index (κ1) is 48.1. The van der Waals surface area contributed by atoms with E-state index in [4.69, 9.17) is 21.6 Å². The van der Waals surface area contributed by atoms with E-state index >= 15 is 8.78 Å². The van der Waals surface area contributed by atoms with Crippen molar-refractivity contribution in [2.24, 2.45) is 0 Å². The molecule has 4 aromatic heterocycles. The van der Waals surface area contributed by atoms with Crippen molar-refractivity contribution in [1.29, 1.82) is 21.6 Å². The zero-order chi connectivity index (χ0) is 48.0. The van der Waals surface area contributed by atoms with E-state index in [0.717, 1.165) is 37.8 Å². The molecule has 22 nitrogen and oxygen atoms in total. The van der Waals surface area contributed by atoms with Crippen molar-refractivity contribution in [3.8, 4) is 0 Å².